The minimum absolute atomic E-state index is 0.554. The average molecular weight is 240 g/mol. The molecule has 0 amide bonds. The largest absolute Gasteiger partial charge is 0.464 e. The maximum atomic E-state index is 5.34. The van der Waals surface area contributed by atoms with Gasteiger partial charge in [-0.05, 0) is 24.3 Å². The van der Waals surface area contributed by atoms with E-state index >= 15 is 0 Å². The summed E-state index contributed by atoms with van der Waals surface area (Å²) in [6.07, 6.45) is 2.43. The van der Waals surface area contributed by atoms with Gasteiger partial charge in [-0.3, -0.25) is 0 Å². The third-order valence-electron chi connectivity index (χ3n) is 2.72. The summed E-state index contributed by atoms with van der Waals surface area (Å²) in [5, 5.41) is 3.88. The van der Waals surface area contributed by atoms with Crippen LogP contribution in [0.25, 0.3) is 22.8 Å². The van der Waals surface area contributed by atoms with Gasteiger partial charge in [-0.1, -0.05) is 24.2 Å². The Hall–Kier alpha value is -2.36. The first kappa shape index (κ1) is 10.8. The molecule has 0 bridgehead atoms. The molecule has 0 N–H and O–H groups in total. The highest BCUT2D eigenvalue weighted by molar-refractivity contribution is 5.63. The van der Waals surface area contributed by atoms with Crippen molar-refractivity contribution in [1.29, 1.82) is 0 Å². The molecule has 18 heavy (non-hydrogen) atoms. The van der Waals surface area contributed by atoms with Crippen LogP contribution < -0.4 is 0 Å². The Morgan fingerprint density at radius 2 is 1.83 bits per heavy atom. The van der Waals surface area contributed by atoms with Crippen LogP contribution in [0, 0.1) is 0 Å². The molecular formula is C14H12N2O2. The van der Waals surface area contributed by atoms with Crippen LogP contribution in [-0.2, 0) is 6.42 Å². The van der Waals surface area contributed by atoms with Gasteiger partial charge in [0.25, 0.3) is 5.89 Å². The number of benzene rings is 1. The Balaban J connectivity index is 1.91. The van der Waals surface area contributed by atoms with Crippen LogP contribution in [0.1, 0.15) is 12.7 Å². The van der Waals surface area contributed by atoms with Gasteiger partial charge in [0.2, 0.25) is 0 Å². The SMILES string of the molecule is CCc1noc(-c2ccc(-c3ccco3)cc2)n1. The van der Waals surface area contributed by atoms with Crippen LogP contribution >= 0.6 is 0 Å². The van der Waals surface area contributed by atoms with Crippen molar-refractivity contribution in [2.24, 2.45) is 0 Å². The quantitative estimate of drug-likeness (QED) is 0.702. The minimum atomic E-state index is 0.554. The maximum absolute atomic E-state index is 5.34. The fourth-order valence-corrected chi connectivity index (χ4v) is 1.73. The third kappa shape index (κ3) is 1.93. The van der Waals surface area contributed by atoms with E-state index in [2.05, 4.69) is 10.1 Å². The summed E-state index contributed by atoms with van der Waals surface area (Å²) in [5.74, 6) is 2.12. The van der Waals surface area contributed by atoms with Gasteiger partial charge >= 0.3 is 0 Å². The highest BCUT2D eigenvalue weighted by Gasteiger charge is 2.08. The molecule has 0 spiro atoms. The smallest absolute Gasteiger partial charge is 0.257 e. The number of hydrogen-bond donors (Lipinski definition) is 0. The number of hydrogen-bond acceptors (Lipinski definition) is 4. The molecule has 1 aromatic carbocycles. The lowest BCUT2D eigenvalue weighted by molar-refractivity contribution is 0.423. The van der Waals surface area contributed by atoms with Gasteiger partial charge < -0.3 is 8.94 Å². The van der Waals surface area contributed by atoms with Gasteiger partial charge in [-0.15, -0.1) is 0 Å². The van der Waals surface area contributed by atoms with Crippen molar-refractivity contribution >= 4 is 0 Å². The molecule has 0 fully saturated rings. The molecule has 4 nitrogen and oxygen atoms in total. The van der Waals surface area contributed by atoms with Crippen molar-refractivity contribution in [3.63, 3.8) is 0 Å². The molecule has 2 heterocycles. The summed E-state index contributed by atoms with van der Waals surface area (Å²) in [7, 11) is 0. The maximum Gasteiger partial charge on any atom is 0.257 e. The molecular weight excluding hydrogens is 228 g/mol. The molecule has 90 valence electrons. The Bertz CT molecular complexity index is 624. The molecule has 3 rings (SSSR count). The van der Waals surface area contributed by atoms with Crippen molar-refractivity contribution in [1.82, 2.24) is 10.1 Å². The van der Waals surface area contributed by atoms with Crippen molar-refractivity contribution < 1.29 is 8.94 Å². The highest BCUT2D eigenvalue weighted by Crippen LogP contribution is 2.24. The Morgan fingerprint density at radius 1 is 1.06 bits per heavy atom. The molecule has 0 saturated heterocycles. The molecule has 0 atom stereocenters. The van der Waals surface area contributed by atoms with Gasteiger partial charge in [-0.25, -0.2) is 0 Å². The van der Waals surface area contributed by atoms with E-state index in [1.807, 2.05) is 43.3 Å². The van der Waals surface area contributed by atoms with Crippen molar-refractivity contribution in [2.75, 3.05) is 0 Å². The lowest BCUT2D eigenvalue weighted by atomic mass is 10.1. The number of aryl methyl sites for hydroxylation is 1. The van der Waals surface area contributed by atoms with Crippen LogP contribution in [0.3, 0.4) is 0 Å². The van der Waals surface area contributed by atoms with Crippen LogP contribution in [-0.4, -0.2) is 10.1 Å². The Kier molecular flexibility index (Phi) is 2.68. The Labute approximate surface area is 104 Å². The molecule has 0 aliphatic rings. The first-order chi connectivity index (χ1) is 8.86. The van der Waals surface area contributed by atoms with Gasteiger partial charge in [0, 0.05) is 17.5 Å². The first-order valence-electron chi connectivity index (χ1n) is 5.83. The Morgan fingerprint density at radius 3 is 2.44 bits per heavy atom. The van der Waals surface area contributed by atoms with E-state index in [0.29, 0.717) is 5.89 Å². The van der Waals surface area contributed by atoms with Gasteiger partial charge in [0.1, 0.15) is 5.76 Å². The van der Waals surface area contributed by atoms with Crippen LogP contribution in [0.15, 0.2) is 51.6 Å². The predicted octanol–water partition coefficient (Wildman–Crippen LogP) is 3.56. The molecule has 4 heteroatoms. The molecule has 2 aromatic heterocycles. The summed E-state index contributed by atoms with van der Waals surface area (Å²) >= 11 is 0. The zero-order valence-corrected chi connectivity index (χ0v) is 9.96. The van der Waals surface area contributed by atoms with E-state index in [1.165, 1.54) is 0 Å². The van der Waals surface area contributed by atoms with E-state index < -0.39 is 0 Å². The van der Waals surface area contributed by atoms with E-state index in [1.54, 1.807) is 6.26 Å². The summed E-state index contributed by atoms with van der Waals surface area (Å²) in [6, 6.07) is 11.6. The third-order valence-corrected chi connectivity index (χ3v) is 2.72. The summed E-state index contributed by atoms with van der Waals surface area (Å²) in [4.78, 5) is 4.29. The summed E-state index contributed by atoms with van der Waals surface area (Å²) < 4.78 is 10.5. The number of aromatic nitrogens is 2. The van der Waals surface area contributed by atoms with Crippen LogP contribution in [0.5, 0.6) is 0 Å². The van der Waals surface area contributed by atoms with E-state index in [-0.39, 0.29) is 0 Å². The van der Waals surface area contributed by atoms with E-state index in [4.69, 9.17) is 8.94 Å². The predicted molar refractivity (Wildman–Crippen MR) is 66.8 cm³/mol. The van der Waals surface area contributed by atoms with Gasteiger partial charge in [0.15, 0.2) is 5.82 Å². The molecule has 0 aliphatic heterocycles. The monoisotopic (exact) mass is 240 g/mol. The van der Waals surface area contributed by atoms with Crippen molar-refractivity contribution in [2.45, 2.75) is 13.3 Å². The average Bonchev–Trinajstić information content (AvgIpc) is 3.10. The number of rotatable bonds is 3. The lowest BCUT2D eigenvalue weighted by Crippen LogP contribution is -1.82. The second kappa shape index (κ2) is 4.49. The molecule has 0 saturated carbocycles. The molecule has 0 radical (unpaired) electrons. The molecule has 0 unspecified atom stereocenters. The van der Waals surface area contributed by atoms with Gasteiger partial charge in [-0.2, -0.15) is 4.98 Å². The molecule has 0 aliphatic carbocycles. The van der Waals surface area contributed by atoms with Crippen molar-refractivity contribution in [3.05, 3.63) is 48.5 Å². The van der Waals surface area contributed by atoms with E-state index in [0.717, 1.165) is 29.1 Å². The summed E-state index contributed by atoms with van der Waals surface area (Å²) in [5.41, 5.74) is 1.94. The fraction of sp³-hybridized carbons (Fsp3) is 0.143. The minimum Gasteiger partial charge on any atom is -0.464 e. The highest BCUT2D eigenvalue weighted by atomic mass is 16.5. The zero-order valence-electron chi connectivity index (χ0n) is 9.96. The second-order valence-electron chi connectivity index (χ2n) is 3.92. The van der Waals surface area contributed by atoms with Crippen molar-refractivity contribution in [3.8, 4) is 22.8 Å². The lowest BCUT2D eigenvalue weighted by Gasteiger charge is -1.97. The van der Waals surface area contributed by atoms with Crippen LogP contribution in [0.4, 0.5) is 0 Å². The van der Waals surface area contributed by atoms with E-state index in [9.17, 15) is 0 Å². The fourth-order valence-electron chi connectivity index (χ4n) is 1.73. The number of furan rings is 1. The summed E-state index contributed by atoms with van der Waals surface area (Å²) in [6.45, 7) is 1.99. The zero-order chi connectivity index (χ0) is 12.4. The number of nitrogens with zero attached hydrogens (tertiary/aromatic N) is 2. The molecule has 3 aromatic rings. The van der Waals surface area contributed by atoms with Gasteiger partial charge in [0.05, 0.1) is 6.26 Å². The second-order valence-corrected chi connectivity index (χ2v) is 3.92. The normalized spacial score (nSPS) is 10.7. The topological polar surface area (TPSA) is 52.1 Å². The van der Waals surface area contributed by atoms with Crippen LogP contribution in [0.2, 0.25) is 0 Å². The standard InChI is InChI=1S/C14H12N2O2/c1-2-13-15-14(18-16-13)11-7-5-10(6-8-11)12-4-3-9-17-12/h3-9H,2H2,1H3. The first-order valence-corrected chi connectivity index (χ1v) is 5.83.